The fourth-order valence-electron chi connectivity index (χ4n) is 3.03. The molecule has 1 saturated heterocycles. The molecular formula is C22H28N2O2S2. The second-order valence-electron chi connectivity index (χ2n) is 6.80. The summed E-state index contributed by atoms with van der Waals surface area (Å²) < 4.78 is 11.3. The standard InChI is InChI=1S/C22H28N2O2S2/c1-3-19(4-2)28-20-8-6-18(7-9-20)26-21-10-5-17(16-23-21)15-22(27)24-11-13-25-14-12-24/h5-10,16,19H,3-4,11-15H2,1-2H3. The monoisotopic (exact) mass is 416 g/mol. The minimum Gasteiger partial charge on any atom is -0.439 e. The van der Waals surface area contributed by atoms with Crippen LogP contribution in [0.5, 0.6) is 11.6 Å². The van der Waals surface area contributed by atoms with Gasteiger partial charge in [0, 0.05) is 41.9 Å². The number of nitrogens with zero attached hydrogens (tertiary/aromatic N) is 2. The molecule has 2 aromatic rings. The van der Waals surface area contributed by atoms with Crippen LogP contribution in [0.2, 0.25) is 0 Å². The summed E-state index contributed by atoms with van der Waals surface area (Å²) in [6.45, 7) is 7.72. The molecule has 150 valence electrons. The molecule has 1 aromatic carbocycles. The van der Waals surface area contributed by atoms with Crippen LogP contribution in [-0.4, -0.2) is 46.4 Å². The Hall–Kier alpha value is -1.63. The van der Waals surface area contributed by atoms with E-state index >= 15 is 0 Å². The number of pyridine rings is 1. The van der Waals surface area contributed by atoms with E-state index in [9.17, 15) is 0 Å². The molecule has 0 bridgehead atoms. The molecule has 0 atom stereocenters. The summed E-state index contributed by atoms with van der Waals surface area (Å²) in [6, 6.07) is 12.2. The van der Waals surface area contributed by atoms with E-state index < -0.39 is 0 Å². The van der Waals surface area contributed by atoms with Gasteiger partial charge in [0.1, 0.15) is 5.75 Å². The Morgan fingerprint density at radius 1 is 1.14 bits per heavy atom. The number of thiocarbonyl (C=S) groups is 1. The van der Waals surface area contributed by atoms with Crippen molar-refractivity contribution < 1.29 is 9.47 Å². The van der Waals surface area contributed by atoms with Gasteiger partial charge in [0.2, 0.25) is 5.88 Å². The van der Waals surface area contributed by atoms with Crippen LogP contribution in [0.4, 0.5) is 0 Å². The van der Waals surface area contributed by atoms with Crippen LogP contribution in [0.15, 0.2) is 47.5 Å². The van der Waals surface area contributed by atoms with E-state index in [1.165, 1.54) is 17.7 Å². The molecule has 0 spiro atoms. The van der Waals surface area contributed by atoms with Gasteiger partial charge in [0.15, 0.2) is 0 Å². The van der Waals surface area contributed by atoms with Gasteiger partial charge >= 0.3 is 0 Å². The third-order valence-electron chi connectivity index (χ3n) is 4.78. The number of rotatable bonds is 8. The normalized spacial score (nSPS) is 14.3. The van der Waals surface area contributed by atoms with Crippen molar-refractivity contribution in [2.45, 2.75) is 43.3 Å². The lowest BCUT2D eigenvalue weighted by molar-refractivity contribution is 0.0684. The second-order valence-corrected chi connectivity index (χ2v) is 8.65. The Morgan fingerprint density at radius 2 is 1.86 bits per heavy atom. The third-order valence-corrected chi connectivity index (χ3v) is 6.72. The highest BCUT2D eigenvalue weighted by atomic mass is 32.2. The number of hydrogen-bond acceptors (Lipinski definition) is 5. The van der Waals surface area contributed by atoms with Crippen molar-refractivity contribution in [2.75, 3.05) is 26.3 Å². The highest BCUT2D eigenvalue weighted by molar-refractivity contribution is 8.00. The molecule has 3 rings (SSSR count). The molecule has 0 aliphatic carbocycles. The van der Waals surface area contributed by atoms with E-state index in [0.717, 1.165) is 49.0 Å². The van der Waals surface area contributed by atoms with Gasteiger partial charge in [-0.15, -0.1) is 11.8 Å². The maximum absolute atomic E-state index is 5.89. The minimum atomic E-state index is 0.599. The third kappa shape index (κ3) is 6.19. The Morgan fingerprint density at radius 3 is 2.46 bits per heavy atom. The summed E-state index contributed by atoms with van der Waals surface area (Å²) in [5, 5.41) is 0.671. The molecule has 0 amide bonds. The lowest BCUT2D eigenvalue weighted by Gasteiger charge is -2.29. The number of thioether (sulfide) groups is 1. The van der Waals surface area contributed by atoms with Crippen molar-refractivity contribution in [3.63, 3.8) is 0 Å². The molecule has 28 heavy (non-hydrogen) atoms. The summed E-state index contributed by atoms with van der Waals surface area (Å²) in [5.74, 6) is 1.40. The highest BCUT2D eigenvalue weighted by Crippen LogP contribution is 2.29. The topological polar surface area (TPSA) is 34.6 Å². The number of aromatic nitrogens is 1. The van der Waals surface area contributed by atoms with Crippen LogP contribution in [0.3, 0.4) is 0 Å². The van der Waals surface area contributed by atoms with Crippen LogP contribution in [0.1, 0.15) is 32.3 Å². The van der Waals surface area contributed by atoms with Crippen molar-refractivity contribution in [3.05, 3.63) is 48.2 Å². The lowest BCUT2D eigenvalue weighted by Crippen LogP contribution is -2.40. The highest BCUT2D eigenvalue weighted by Gasteiger charge is 2.14. The first-order chi connectivity index (χ1) is 13.7. The molecule has 1 aliphatic heterocycles. The van der Waals surface area contributed by atoms with Gasteiger partial charge in [0.25, 0.3) is 0 Å². The summed E-state index contributed by atoms with van der Waals surface area (Å²) >= 11 is 7.49. The molecule has 4 nitrogen and oxygen atoms in total. The van der Waals surface area contributed by atoms with Crippen LogP contribution in [-0.2, 0) is 11.2 Å². The van der Waals surface area contributed by atoms with Crippen molar-refractivity contribution in [1.82, 2.24) is 9.88 Å². The summed E-state index contributed by atoms with van der Waals surface area (Å²) in [4.78, 5) is 8.88. The quantitative estimate of drug-likeness (QED) is 0.426. The number of ether oxygens (including phenoxy) is 2. The van der Waals surface area contributed by atoms with E-state index in [0.29, 0.717) is 11.1 Å². The zero-order valence-electron chi connectivity index (χ0n) is 16.6. The van der Waals surface area contributed by atoms with E-state index in [1.54, 1.807) is 0 Å². The van der Waals surface area contributed by atoms with Crippen molar-refractivity contribution >= 4 is 29.0 Å². The Labute approximate surface area is 177 Å². The van der Waals surface area contributed by atoms with E-state index in [-0.39, 0.29) is 0 Å². The summed E-state index contributed by atoms with van der Waals surface area (Å²) in [5.41, 5.74) is 1.10. The maximum atomic E-state index is 5.89. The minimum absolute atomic E-state index is 0.599. The number of benzene rings is 1. The smallest absolute Gasteiger partial charge is 0.219 e. The van der Waals surface area contributed by atoms with Gasteiger partial charge in [0.05, 0.1) is 18.2 Å². The van der Waals surface area contributed by atoms with Crippen molar-refractivity contribution in [3.8, 4) is 11.6 Å². The predicted molar refractivity (Wildman–Crippen MR) is 120 cm³/mol. The summed E-state index contributed by atoms with van der Waals surface area (Å²) in [6.07, 6.45) is 4.94. The molecule has 0 unspecified atom stereocenters. The molecular weight excluding hydrogens is 388 g/mol. The van der Waals surface area contributed by atoms with Gasteiger partial charge in [-0.25, -0.2) is 4.98 Å². The number of hydrogen-bond donors (Lipinski definition) is 0. The zero-order chi connectivity index (χ0) is 19.8. The molecule has 1 fully saturated rings. The molecule has 0 radical (unpaired) electrons. The Bertz CT molecular complexity index is 740. The fourth-order valence-corrected chi connectivity index (χ4v) is 4.39. The zero-order valence-corrected chi connectivity index (χ0v) is 18.2. The fraction of sp³-hybridized carbons (Fsp3) is 0.455. The van der Waals surface area contributed by atoms with Gasteiger partial charge in [-0.05, 0) is 42.7 Å². The molecule has 2 heterocycles. The maximum Gasteiger partial charge on any atom is 0.219 e. The predicted octanol–water partition coefficient (Wildman–Crippen LogP) is 5.36. The lowest BCUT2D eigenvalue weighted by atomic mass is 10.2. The first-order valence-electron chi connectivity index (χ1n) is 9.93. The van der Waals surface area contributed by atoms with Crippen LogP contribution >= 0.6 is 24.0 Å². The molecule has 0 N–H and O–H groups in total. The van der Waals surface area contributed by atoms with Gasteiger partial charge < -0.3 is 14.4 Å². The van der Waals surface area contributed by atoms with Crippen LogP contribution in [0.25, 0.3) is 0 Å². The van der Waals surface area contributed by atoms with Gasteiger partial charge in [-0.3, -0.25) is 0 Å². The van der Waals surface area contributed by atoms with E-state index in [1.807, 2.05) is 42.2 Å². The van der Waals surface area contributed by atoms with E-state index in [2.05, 4.69) is 35.9 Å². The van der Waals surface area contributed by atoms with Crippen LogP contribution < -0.4 is 4.74 Å². The molecule has 6 heteroatoms. The average molecular weight is 417 g/mol. The Kier molecular flexibility index (Phi) is 8.13. The molecule has 0 saturated carbocycles. The van der Waals surface area contributed by atoms with Crippen molar-refractivity contribution in [1.29, 1.82) is 0 Å². The van der Waals surface area contributed by atoms with Crippen LogP contribution in [0, 0.1) is 0 Å². The van der Waals surface area contributed by atoms with Crippen molar-refractivity contribution in [2.24, 2.45) is 0 Å². The van der Waals surface area contributed by atoms with Gasteiger partial charge in [-0.1, -0.05) is 32.1 Å². The Balaban J connectivity index is 1.53. The second kappa shape index (κ2) is 10.8. The summed E-state index contributed by atoms with van der Waals surface area (Å²) in [7, 11) is 0. The SMILES string of the molecule is CCC(CC)Sc1ccc(Oc2ccc(CC(=S)N3CCOCC3)cn2)cc1. The van der Waals surface area contributed by atoms with E-state index in [4.69, 9.17) is 21.7 Å². The number of morpholine rings is 1. The molecule has 1 aliphatic rings. The molecule has 1 aromatic heterocycles. The largest absolute Gasteiger partial charge is 0.439 e. The average Bonchev–Trinajstić information content (AvgIpc) is 2.75. The first-order valence-corrected chi connectivity index (χ1v) is 11.2. The van der Waals surface area contributed by atoms with Gasteiger partial charge in [-0.2, -0.15) is 0 Å². The first kappa shape index (κ1) is 21.1.